The lowest BCUT2D eigenvalue weighted by molar-refractivity contribution is 0.0479. The molecule has 1 aliphatic rings. The lowest BCUT2D eigenvalue weighted by Crippen LogP contribution is -2.47. The summed E-state index contributed by atoms with van der Waals surface area (Å²) in [7, 11) is 0. The minimum atomic E-state index is 0.304. The molecule has 0 spiro atoms. The van der Waals surface area contributed by atoms with Gasteiger partial charge in [0.15, 0.2) is 0 Å². The number of benzene rings is 1. The van der Waals surface area contributed by atoms with E-state index in [4.69, 9.17) is 16.7 Å². The van der Waals surface area contributed by atoms with Crippen LogP contribution in [-0.2, 0) is 6.54 Å². The molecule has 1 N–H and O–H groups in total. The molecule has 1 aromatic carbocycles. The van der Waals surface area contributed by atoms with Crippen LogP contribution in [0.4, 0.5) is 0 Å². The van der Waals surface area contributed by atoms with E-state index in [1.807, 2.05) is 13.0 Å². The van der Waals surface area contributed by atoms with Gasteiger partial charge in [-0.15, -0.1) is 0 Å². The van der Waals surface area contributed by atoms with Gasteiger partial charge in [0.25, 0.3) is 0 Å². The normalized spacial score (nSPS) is 17.8. The maximum Gasteiger partial charge on any atom is 0.0483 e. The van der Waals surface area contributed by atoms with Crippen molar-refractivity contribution in [2.45, 2.75) is 13.5 Å². The van der Waals surface area contributed by atoms with Crippen molar-refractivity contribution in [3.05, 3.63) is 34.3 Å². The minimum absolute atomic E-state index is 0.304. The molecule has 2 rings (SSSR count). The smallest absolute Gasteiger partial charge is 0.0483 e. The van der Waals surface area contributed by atoms with Crippen LogP contribution in [0.3, 0.4) is 0 Å². The second-order valence-corrected chi connectivity index (χ2v) is 4.74. The minimum Gasteiger partial charge on any atom is -0.396 e. The third-order valence-electron chi connectivity index (χ3n) is 2.89. The average molecular weight is 226 g/mol. The molecule has 0 unspecified atom stereocenters. The quantitative estimate of drug-likeness (QED) is 0.852. The fourth-order valence-electron chi connectivity index (χ4n) is 1.94. The summed E-state index contributed by atoms with van der Waals surface area (Å²) in [5.41, 5.74) is 2.37. The Labute approximate surface area is 95.5 Å². The lowest BCUT2D eigenvalue weighted by atomic mass is 10.0. The first kappa shape index (κ1) is 10.9. The molecule has 1 heterocycles. The molecule has 3 heteroatoms. The Balaban J connectivity index is 1.94. The van der Waals surface area contributed by atoms with Crippen LogP contribution >= 0.6 is 11.6 Å². The molecule has 0 aromatic heterocycles. The van der Waals surface area contributed by atoms with E-state index in [0.29, 0.717) is 12.5 Å². The molecular formula is C12H16ClNO. The van der Waals surface area contributed by atoms with Crippen LogP contribution in [0, 0.1) is 12.8 Å². The number of rotatable bonds is 3. The SMILES string of the molecule is Cc1ccc(CN2CC(CO)C2)c(Cl)c1. The molecule has 0 amide bonds. The molecule has 0 aliphatic carbocycles. The van der Waals surface area contributed by atoms with E-state index in [-0.39, 0.29) is 0 Å². The lowest BCUT2D eigenvalue weighted by Gasteiger charge is -2.38. The van der Waals surface area contributed by atoms with Crippen LogP contribution in [0.2, 0.25) is 5.02 Å². The maximum atomic E-state index is 8.91. The Hall–Kier alpha value is -0.570. The second kappa shape index (κ2) is 4.52. The van der Waals surface area contributed by atoms with Crippen molar-refractivity contribution in [1.29, 1.82) is 0 Å². The number of likely N-dealkylation sites (tertiary alicyclic amines) is 1. The highest BCUT2D eigenvalue weighted by Gasteiger charge is 2.25. The maximum absolute atomic E-state index is 8.91. The van der Waals surface area contributed by atoms with E-state index >= 15 is 0 Å². The van der Waals surface area contributed by atoms with Gasteiger partial charge in [-0.25, -0.2) is 0 Å². The van der Waals surface area contributed by atoms with Gasteiger partial charge < -0.3 is 5.11 Å². The summed E-state index contributed by atoms with van der Waals surface area (Å²) in [6, 6.07) is 6.18. The Morgan fingerprint density at radius 3 is 2.80 bits per heavy atom. The van der Waals surface area contributed by atoms with Gasteiger partial charge in [0.2, 0.25) is 0 Å². The number of nitrogens with zero attached hydrogens (tertiary/aromatic N) is 1. The van der Waals surface area contributed by atoms with Gasteiger partial charge in [-0.2, -0.15) is 0 Å². The summed E-state index contributed by atoms with van der Waals surface area (Å²) >= 11 is 6.15. The van der Waals surface area contributed by atoms with E-state index in [9.17, 15) is 0 Å². The number of hydrogen-bond donors (Lipinski definition) is 1. The first-order chi connectivity index (χ1) is 7.19. The molecular weight excluding hydrogens is 210 g/mol. The number of halogens is 1. The van der Waals surface area contributed by atoms with Gasteiger partial charge in [0, 0.05) is 37.2 Å². The van der Waals surface area contributed by atoms with Crippen LogP contribution in [0.15, 0.2) is 18.2 Å². The molecule has 15 heavy (non-hydrogen) atoms. The predicted octanol–water partition coefficient (Wildman–Crippen LogP) is 2.07. The second-order valence-electron chi connectivity index (χ2n) is 4.34. The molecule has 1 saturated heterocycles. The van der Waals surface area contributed by atoms with E-state index in [2.05, 4.69) is 17.0 Å². The molecule has 82 valence electrons. The first-order valence-corrected chi connectivity index (χ1v) is 5.65. The number of aliphatic hydroxyl groups is 1. The third kappa shape index (κ3) is 2.51. The zero-order chi connectivity index (χ0) is 10.8. The summed E-state index contributed by atoms with van der Waals surface area (Å²) in [5.74, 6) is 0.467. The Morgan fingerprint density at radius 1 is 1.47 bits per heavy atom. The number of aryl methyl sites for hydroxylation is 1. The third-order valence-corrected chi connectivity index (χ3v) is 3.25. The Bertz CT molecular complexity index is 347. The highest BCUT2D eigenvalue weighted by molar-refractivity contribution is 6.31. The first-order valence-electron chi connectivity index (χ1n) is 5.27. The van der Waals surface area contributed by atoms with Crippen LogP contribution in [0.25, 0.3) is 0 Å². The molecule has 0 saturated carbocycles. The van der Waals surface area contributed by atoms with Crippen molar-refractivity contribution in [3.63, 3.8) is 0 Å². The highest BCUT2D eigenvalue weighted by Crippen LogP contribution is 2.23. The van der Waals surface area contributed by atoms with E-state index in [1.165, 1.54) is 11.1 Å². The zero-order valence-electron chi connectivity index (χ0n) is 8.91. The standard InChI is InChI=1S/C12H16ClNO/c1-9-2-3-11(12(13)4-9)7-14-5-10(6-14)8-15/h2-4,10,15H,5-8H2,1H3. The van der Waals surface area contributed by atoms with Crippen LogP contribution in [0.5, 0.6) is 0 Å². The van der Waals surface area contributed by atoms with Gasteiger partial charge in [-0.1, -0.05) is 23.7 Å². The molecule has 0 bridgehead atoms. The van der Waals surface area contributed by atoms with E-state index < -0.39 is 0 Å². The highest BCUT2D eigenvalue weighted by atomic mass is 35.5. The molecule has 1 aromatic rings. The van der Waals surface area contributed by atoms with E-state index in [1.54, 1.807) is 0 Å². The number of hydrogen-bond acceptors (Lipinski definition) is 2. The van der Waals surface area contributed by atoms with Crippen LogP contribution in [0.1, 0.15) is 11.1 Å². The summed E-state index contributed by atoms with van der Waals surface area (Å²) in [6.45, 7) is 5.22. The van der Waals surface area contributed by atoms with Crippen molar-refractivity contribution < 1.29 is 5.11 Å². The van der Waals surface area contributed by atoms with E-state index in [0.717, 1.165) is 24.7 Å². The van der Waals surface area contributed by atoms with Crippen LogP contribution < -0.4 is 0 Å². The van der Waals surface area contributed by atoms with Crippen molar-refractivity contribution >= 4 is 11.6 Å². The molecule has 1 fully saturated rings. The Morgan fingerprint density at radius 2 is 2.20 bits per heavy atom. The largest absolute Gasteiger partial charge is 0.396 e. The summed E-state index contributed by atoms with van der Waals surface area (Å²) < 4.78 is 0. The average Bonchev–Trinajstić information content (AvgIpc) is 2.13. The molecule has 1 aliphatic heterocycles. The Kier molecular flexibility index (Phi) is 3.29. The van der Waals surface area contributed by atoms with Gasteiger partial charge >= 0.3 is 0 Å². The van der Waals surface area contributed by atoms with Crippen LogP contribution in [-0.4, -0.2) is 29.7 Å². The van der Waals surface area contributed by atoms with Crippen molar-refractivity contribution in [3.8, 4) is 0 Å². The van der Waals surface area contributed by atoms with Crippen molar-refractivity contribution in [2.75, 3.05) is 19.7 Å². The van der Waals surface area contributed by atoms with Crippen molar-refractivity contribution in [2.24, 2.45) is 5.92 Å². The topological polar surface area (TPSA) is 23.5 Å². The fourth-order valence-corrected chi connectivity index (χ4v) is 2.24. The van der Waals surface area contributed by atoms with Gasteiger partial charge in [-0.3, -0.25) is 4.90 Å². The summed E-state index contributed by atoms with van der Waals surface area (Å²) in [6.07, 6.45) is 0. The fraction of sp³-hybridized carbons (Fsp3) is 0.500. The van der Waals surface area contributed by atoms with Crippen molar-refractivity contribution in [1.82, 2.24) is 4.90 Å². The summed E-state index contributed by atoms with van der Waals surface area (Å²) in [5, 5.41) is 9.76. The number of aliphatic hydroxyl groups excluding tert-OH is 1. The molecule has 2 nitrogen and oxygen atoms in total. The predicted molar refractivity (Wildman–Crippen MR) is 62.0 cm³/mol. The van der Waals surface area contributed by atoms with Gasteiger partial charge in [0.05, 0.1) is 0 Å². The van der Waals surface area contributed by atoms with Gasteiger partial charge in [-0.05, 0) is 24.1 Å². The molecule has 0 atom stereocenters. The van der Waals surface area contributed by atoms with Gasteiger partial charge in [0.1, 0.15) is 0 Å². The summed E-state index contributed by atoms with van der Waals surface area (Å²) in [4.78, 5) is 2.30. The monoisotopic (exact) mass is 225 g/mol. The molecule has 0 radical (unpaired) electrons. The zero-order valence-corrected chi connectivity index (χ0v) is 9.67.